The second-order valence-electron chi connectivity index (χ2n) is 4.39. The minimum absolute atomic E-state index is 0.148. The first-order valence-corrected chi connectivity index (χ1v) is 7.31. The van der Waals surface area contributed by atoms with Gasteiger partial charge < -0.3 is 9.52 Å². The van der Waals surface area contributed by atoms with Crippen LogP contribution in [0.15, 0.2) is 40.1 Å². The molecule has 0 aliphatic rings. The van der Waals surface area contributed by atoms with Crippen LogP contribution in [0.1, 0.15) is 22.8 Å². The number of benzene rings is 1. The van der Waals surface area contributed by atoms with E-state index in [1.54, 1.807) is 18.2 Å². The van der Waals surface area contributed by atoms with Gasteiger partial charge in [0.15, 0.2) is 0 Å². The number of nitrogens with zero attached hydrogens (tertiary/aromatic N) is 2. The lowest BCUT2D eigenvalue weighted by molar-refractivity contribution is 0.0697. The van der Waals surface area contributed by atoms with Crippen LogP contribution in [-0.4, -0.2) is 21.3 Å². The minimum Gasteiger partial charge on any atom is -0.478 e. The van der Waals surface area contributed by atoms with Crippen molar-refractivity contribution in [3.8, 4) is 22.2 Å². The molecular formula is C15H12N2O3S. The van der Waals surface area contributed by atoms with E-state index >= 15 is 0 Å². The van der Waals surface area contributed by atoms with E-state index in [1.165, 1.54) is 17.4 Å². The molecule has 0 saturated heterocycles. The smallest absolute Gasteiger partial charge is 0.336 e. The fourth-order valence-electron chi connectivity index (χ4n) is 2.08. The molecule has 106 valence electrons. The van der Waals surface area contributed by atoms with Crippen LogP contribution in [0.3, 0.4) is 0 Å². The molecule has 0 unspecified atom stereocenters. The van der Waals surface area contributed by atoms with E-state index in [9.17, 15) is 9.90 Å². The second kappa shape index (κ2) is 5.49. The SMILES string of the molecule is CCc1ccsc1-c1nnc(-c2ccccc2C(=O)O)o1. The van der Waals surface area contributed by atoms with Crippen molar-refractivity contribution in [2.45, 2.75) is 13.3 Å². The summed E-state index contributed by atoms with van der Waals surface area (Å²) in [6, 6.07) is 8.61. The quantitative estimate of drug-likeness (QED) is 0.794. The zero-order valence-corrected chi connectivity index (χ0v) is 12.1. The zero-order chi connectivity index (χ0) is 14.8. The van der Waals surface area contributed by atoms with E-state index < -0.39 is 5.97 Å². The Morgan fingerprint density at radius 2 is 2.00 bits per heavy atom. The summed E-state index contributed by atoms with van der Waals surface area (Å²) in [6.07, 6.45) is 0.877. The van der Waals surface area contributed by atoms with Crippen molar-refractivity contribution in [3.05, 3.63) is 46.8 Å². The van der Waals surface area contributed by atoms with Gasteiger partial charge in [-0.05, 0) is 35.6 Å². The number of aryl methyl sites for hydroxylation is 1. The summed E-state index contributed by atoms with van der Waals surface area (Å²) in [6.45, 7) is 2.06. The van der Waals surface area contributed by atoms with Gasteiger partial charge in [-0.3, -0.25) is 0 Å². The van der Waals surface area contributed by atoms with Gasteiger partial charge in [0.05, 0.1) is 16.0 Å². The highest BCUT2D eigenvalue weighted by Crippen LogP contribution is 2.31. The van der Waals surface area contributed by atoms with E-state index in [-0.39, 0.29) is 11.5 Å². The summed E-state index contributed by atoms with van der Waals surface area (Å²) in [5, 5.41) is 19.2. The molecule has 0 aliphatic heterocycles. The summed E-state index contributed by atoms with van der Waals surface area (Å²) in [5.41, 5.74) is 1.72. The first-order valence-electron chi connectivity index (χ1n) is 6.43. The highest BCUT2D eigenvalue weighted by Gasteiger charge is 2.18. The van der Waals surface area contributed by atoms with Gasteiger partial charge in [0.2, 0.25) is 5.89 Å². The molecule has 1 aromatic carbocycles. The molecule has 0 spiro atoms. The summed E-state index contributed by atoms with van der Waals surface area (Å²) in [5.74, 6) is -0.369. The molecule has 0 fully saturated rings. The van der Waals surface area contributed by atoms with Crippen molar-refractivity contribution in [2.75, 3.05) is 0 Å². The van der Waals surface area contributed by atoms with Crippen molar-refractivity contribution in [1.29, 1.82) is 0 Å². The second-order valence-corrected chi connectivity index (χ2v) is 5.31. The van der Waals surface area contributed by atoms with Crippen LogP contribution in [0, 0.1) is 0 Å². The fraction of sp³-hybridized carbons (Fsp3) is 0.133. The van der Waals surface area contributed by atoms with E-state index in [4.69, 9.17) is 4.42 Å². The summed E-state index contributed by atoms with van der Waals surface area (Å²) < 4.78 is 5.67. The summed E-state index contributed by atoms with van der Waals surface area (Å²) >= 11 is 1.53. The molecule has 0 saturated carbocycles. The van der Waals surface area contributed by atoms with Crippen molar-refractivity contribution in [2.24, 2.45) is 0 Å². The van der Waals surface area contributed by atoms with Crippen LogP contribution in [0.2, 0.25) is 0 Å². The molecule has 0 atom stereocenters. The number of rotatable bonds is 4. The molecule has 0 bridgehead atoms. The lowest BCUT2D eigenvalue weighted by Gasteiger charge is -2.00. The maximum absolute atomic E-state index is 11.2. The van der Waals surface area contributed by atoms with Crippen LogP contribution < -0.4 is 0 Å². The molecule has 3 aromatic rings. The average Bonchev–Trinajstić information content (AvgIpc) is 3.15. The van der Waals surface area contributed by atoms with Crippen molar-refractivity contribution >= 4 is 17.3 Å². The Morgan fingerprint density at radius 3 is 2.76 bits per heavy atom. The predicted octanol–water partition coefficient (Wildman–Crippen LogP) is 3.73. The number of carboxylic acid groups (broad SMARTS) is 1. The lowest BCUT2D eigenvalue weighted by atomic mass is 10.1. The predicted molar refractivity (Wildman–Crippen MR) is 79.4 cm³/mol. The summed E-state index contributed by atoms with van der Waals surface area (Å²) in [4.78, 5) is 12.2. The molecule has 0 radical (unpaired) electrons. The molecule has 6 heteroatoms. The van der Waals surface area contributed by atoms with E-state index in [0.717, 1.165) is 16.9 Å². The molecule has 2 aromatic heterocycles. The topological polar surface area (TPSA) is 76.2 Å². The average molecular weight is 300 g/mol. The minimum atomic E-state index is -1.02. The zero-order valence-electron chi connectivity index (χ0n) is 11.2. The normalized spacial score (nSPS) is 10.7. The van der Waals surface area contributed by atoms with Gasteiger partial charge in [0.25, 0.3) is 5.89 Å². The molecule has 1 N–H and O–H groups in total. The maximum Gasteiger partial charge on any atom is 0.336 e. The van der Waals surface area contributed by atoms with Gasteiger partial charge in [-0.2, -0.15) is 0 Å². The third-order valence-electron chi connectivity index (χ3n) is 3.13. The Morgan fingerprint density at radius 1 is 1.24 bits per heavy atom. The molecule has 0 aliphatic carbocycles. The molecule has 2 heterocycles. The van der Waals surface area contributed by atoms with Gasteiger partial charge in [0.1, 0.15) is 0 Å². The third-order valence-corrected chi connectivity index (χ3v) is 4.08. The van der Waals surface area contributed by atoms with Gasteiger partial charge in [-0.1, -0.05) is 19.1 Å². The number of aromatic carboxylic acids is 1. The third kappa shape index (κ3) is 2.45. The van der Waals surface area contributed by atoms with E-state index in [2.05, 4.69) is 17.1 Å². The number of aromatic nitrogens is 2. The fourth-order valence-corrected chi connectivity index (χ4v) is 3.00. The maximum atomic E-state index is 11.2. The van der Waals surface area contributed by atoms with Crippen molar-refractivity contribution < 1.29 is 14.3 Å². The molecule has 0 amide bonds. The molecular weight excluding hydrogens is 288 g/mol. The lowest BCUT2D eigenvalue weighted by Crippen LogP contribution is -1.98. The Kier molecular flexibility index (Phi) is 3.53. The number of carbonyl (C=O) groups is 1. The van der Waals surface area contributed by atoms with Crippen LogP contribution in [0.25, 0.3) is 22.2 Å². The number of carboxylic acids is 1. The highest BCUT2D eigenvalue weighted by atomic mass is 32.1. The van der Waals surface area contributed by atoms with Gasteiger partial charge >= 0.3 is 5.97 Å². The van der Waals surface area contributed by atoms with Crippen LogP contribution in [-0.2, 0) is 6.42 Å². The largest absolute Gasteiger partial charge is 0.478 e. The van der Waals surface area contributed by atoms with Crippen LogP contribution in [0.4, 0.5) is 0 Å². The first kappa shape index (κ1) is 13.5. The standard InChI is InChI=1S/C15H12N2O3S/c1-2-9-7-8-21-12(9)14-17-16-13(20-14)10-5-3-4-6-11(10)15(18)19/h3-8H,2H2,1H3,(H,18,19). The Labute approximate surface area is 124 Å². The number of thiophene rings is 1. The van der Waals surface area contributed by atoms with Crippen molar-refractivity contribution in [3.63, 3.8) is 0 Å². The van der Waals surface area contributed by atoms with Crippen LogP contribution in [0.5, 0.6) is 0 Å². The highest BCUT2D eigenvalue weighted by molar-refractivity contribution is 7.13. The number of hydrogen-bond acceptors (Lipinski definition) is 5. The van der Waals surface area contributed by atoms with Gasteiger partial charge in [-0.25, -0.2) is 4.79 Å². The number of hydrogen-bond donors (Lipinski definition) is 1. The van der Waals surface area contributed by atoms with Crippen molar-refractivity contribution in [1.82, 2.24) is 10.2 Å². The van der Waals surface area contributed by atoms with Crippen LogP contribution >= 0.6 is 11.3 Å². The Bertz CT molecular complexity index is 792. The molecule has 3 rings (SSSR count). The Hall–Kier alpha value is -2.47. The Balaban J connectivity index is 2.05. The van der Waals surface area contributed by atoms with Gasteiger partial charge in [-0.15, -0.1) is 21.5 Å². The molecule has 21 heavy (non-hydrogen) atoms. The summed E-state index contributed by atoms with van der Waals surface area (Å²) in [7, 11) is 0. The van der Waals surface area contributed by atoms with E-state index in [0.29, 0.717) is 11.5 Å². The first-order chi connectivity index (χ1) is 10.2. The monoisotopic (exact) mass is 300 g/mol. The van der Waals surface area contributed by atoms with E-state index in [1.807, 2.05) is 11.4 Å². The molecule has 5 nitrogen and oxygen atoms in total. The van der Waals surface area contributed by atoms with Gasteiger partial charge in [0, 0.05) is 0 Å².